The predicted octanol–water partition coefficient (Wildman–Crippen LogP) is 3.30. The van der Waals surface area contributed by atoms with Crippen molar-refractivity contribution in [1.29, 1.82) is 0 Å². The van der Waals surface area contributed by atoms with Gasteiger partial charge < -0.3 is 9.29 Å². The van der Waals surface area contributed by atoms with Crippen LogP contribution in [0.2, 0.25) is 0 Å². The minimum atomic E-state index is -5.77. The highest BCUT2D eigenvalue weighted by Gasteiger charge is 2.48. The van der Waals surface area contributed by atoms with Crippen molar-refractivity contribution in [2.24, 2.45) is 5.92 Å². The monoisotopic (exact) mass is 366 g/mol. The van der Waals surface area contributed by atoms with Crippen LogP contribution in [0.15, 0.2) is 30.9 Å². The summed E-state index contributed by atoms with van der Waals surface area (Å²) in [6, 6.07) is 3.86. The molecule has 24 heavy (non-hydrogen) atoms. The molecule has 1 unspecified atom stereocenters. The number of allylic oxidation sites excluding steroid dienone is 1. The number of hydrogen-bond donors (Lipinski definition) is 1. The van der Waals surface area contributed by atoms with E-state index in [0.717, 1.165) is 6.07 Å². The van der Waals surface area contributed by atoms with Gasteiger partial charge in [0.1, 0.15) is 5.75 Å². The molecule has 0 aliphatic heterocycles. The third-order valence-corrected chi connectivity index (χ3v) is 4.26. The molecule has 9 heteroatoms. The average molecular weight is 366 g/mol. The van der Waals surface area contributed by atoms with E-state index in [1.165, 1.54) is 18.2 Å². The standard InChI is InChI=1S/C15H17F3O5S/c1-3-5-12-9-10(8-11(4-2)14(19)20)6-7-13(12)23-24(21,22)15(16,17)18/h3,6-7,9,11H,1,4-5,8H2,2H3,(H,19,20). The minimum Gasteiger partial charge on any atom is -0.481 e. The van der Waals surface area contributed by atoms with Crippen LogP contribution in [-0.4, -0.2) is 25.0 Å². The Balaban J connectivity index is 3.16. The molecular formula is C15H17F3O5S. The molecule has 0 aliphatic carbocycles. The number of halogens is 3. The zero-order valence-corrected chi connectivity index (χ0v) is 13.7. The molecule has 0 amide bonds. The molecule has 1 rings (SSSR count). The van der Waals surface area contributed by atoms with Crippen LogP contribution in [0.25, 0.3) is 0 Å². The molecule has 1 N–H and O–H groups in total. The van der Waals surface area contributed by atoms with Crippen LogP contribution in [0.1, 0.15) is 24.5 Å². The lowest BCUT2D eigenvalue weighted by molar-refractivity contribution is -0.141. The summed E-state index contributed by atoms with van der Waals surface area (Å²) in [5, 5.41) is 9.06. The Hall–Kier alpha value is -2.03. The van der Waals surface area contributed by atoms with Gasteiger partial charge in [0, 0.05) is 0 Å². The second-order valence-corrected chi connectivity index (χ2v) is 6.60. The van der Waals surface area contributed by atoms with E-state index in [1.807, 2.05) is 0 Å². The molecule has 134 valence electrons. The number of benzene rings is 1. The van der Waals surface area contributed by atoms with Gasteiger partial charge in [0.15, 0.2) is 0 Å². The van der Waals surface area contributed by atoms with Crippen LogP contribution in [0, 0.1) is 5.92 Å². The van der Waals surface area contributed by atoms with Gasteiger partial charge in [-0.05, 0) is 36.5 Å². The zero-order valence-electron chi connectivity index (χ0n) is 12.8. The van der Waals surface area contributed by atoms with Gasteiger partial charge in [-0.25, -0.2) is 0 Å². The third-order valence-electron chi connectivity index (χ3n) is 3.30. The van der Waals surface area contributed by atoms with Gasteiger partial charge in [0.25, 0.3) is 0 Å². The average Bonchev–Trinajstić information content (AvgIpc) is 2.45. The maximum absolute atomic E-state index is 12.4. The SMILES string of the molecule is C=CCc1cc(CC(CC)C(=O)O)ccc1OS(=O)(=O)C(F)(F)F. The first-order chi connectivity index (χ1) is 11.0. The van der Waals surface area contributed by atoms with Crippen LogP contribution in [0.3, 0.4) is 0 Å². The predicted molar refractivity (Wildman–Crippen MR) is 81.1 cm³/mol. The van der Waals surface area contributed by atoms with Crippen molar-refractivity contribution >= 4 is 16.1 Å². The molecule has 0 aromatic heterocycles. The van der Waals surface area contributed by atoms with E-state index in [9.17, 15) is 26.4 Å². The Labute approximate surface area is 137 Å². The van der Waals surface area contributed by atoms with E-state index < -0.39 is 33.3 Å². The lowest BCUT2D eigenvalue weighted by Crippen LogP contribution is -2.28. The molecule has 0 spiro atoms. The summed E-state index contributed by atoms with van der Waals surface area (Å²) >= 11 is 0. The Morgan fingerprint density at radius 2 is 2.04 bits per heavy atom. The highest BCUT2D eigenvalue weighted by atomic mass is 32.2. The van der Waals surface area contributed by atoms with E-state index in [0.29, 0.717) is 12.0 Å². The molecule has 0 saturated carbocycles. The van der Waals surface area contributed by atoms with E-state index >= 15 is 0 Å². The fraction of sp³-hybridized carbons (Fsp3) is 0.400. The lowest BCUT2D eigenvalue weighted by atomic mass is 9.95. The normalized spacial score (nSPS) is 13.3. The molecular weight excluding hydrogens is 349 g/mol. The topological polar surface area (TPSA) is 80.7 Å². The van der Waals surface area contributed by atoms with Crippen molar-refractivity contribution in [2.75, 3.05) is 0 Å². The van der Waals surface area contributed by atoms with Crippen molar-refractivity contribution in [2.45, 2.75) is 31.7 Å². The zero-order chi connectivity index (χ0) is 18.5. The number of rotatable bonds is 8. The number of carboxylic acid groups (broad SMARTS) is 1. The molecule has 0 heterocycles. The van der Waals surface area contributed by atoms with Crippen molar-refractivity contribution in [1.82, 2.24) is 0 Å². The fourth-order valence-corrected chi connectivity index (χ4v) is 2.51. The van der Waals surface area contributed by atoms with Crippen molar-refractivity contribution in [3.05, 3.63) is 42.0 Å². The quantitative estimate of drug-likeness (QED) is 0.434. The molecule has 0 saturated heterocycles. The summed E-state index contributed by atoms with van der Waals surface area (Å²) < 4.78 is 63.7. The highest BCUT2D eigenvalue weighted by Crippen LogP contribution is 2.30. The maximum Gasteiger partial charge on any atom is 0.534 e. The fourth-order valence-electron chi connectivity index (χ4n) is 2.01. The largest absolute Gasteiger partial charge is 0.534 e. The molecule has 1 atom stereocenters. The van der Waals surface area contributed by atoms with Gasteiger partial charge in [-0.15, -0.1) is 6.58 Å². The van der Waals surface area contributed by atoms with Crippen molar-refractivity contribution < 1.29 is 35.7 Å². The summed E-state index contributed by atoms with van der Waals surface area (Å²) in [6.07, 6.45) is 2.00. The summed E-state index contributed by atoms with van der Waals surface area (Å²) in [5.41, 5.74) is -4.80. The number of hydrogen-bond acceptors (Lipinski definition) is 4. The molecule has 0 radical (unpaired) electrons. The van der Waals surface area contributed by atoms with E-state index in [4.69, 9.17) is 5.11 Å². The van der Waals surface area contributed by atoms with Crippen LogP contribution in [0.4, 0.5) is 13.2 Å². The minimum absolute atomic E-state index is 0.0699. The van der Waals surface area contributed by atoms with Crippen LogP contribution >= 0.6 is 0 Å². The van der Waals surface area contributed by atoms with Crippen molar-refractivity contribution in [3.8, 4) is 5.75 Å². The van der Waals surface area contributed by atoms with Gasteiger partial charge in [-0.2, -0.15) is 21.6 Å². The smallest absolute Gasteiger partial charge is 0.481 e. The Morgan fingerprint density at radius 1 is 1.42 bits per heavy atom. The lowest BCUT2D eigenvalue weighted by Gasteiger charge is -2.15. The van der Waals surface area contributed by atoms with Gasteiger partial charge >= 0.3 is 21.6 Å². The first-order valence-electron chi connectivity index (χ1n) is 6.98. The second-order valence-electron chi connectivity index (χ2n) is 5.07. The van der Waals surface area contributed by atoms with Crippen LogP contribution in [0.5, 0.6) is 5.75 Å². The first-order valence-corrected chi connectivity index (χ1v) is 8.39. The summed E-state index contributed by atoms with van der Waals surface area (Å²) in [4.78, 5) is 11.1. The number of carboxylic acids is 1. The number of aliphatic carboxylic acids is 1. The molecule has 0 bridgehead atoms. The Kier molecular flexibility index (Phi) is 6.42. The maximum atomic E-state index is 12.4. The van der Waals surface area contributed by atoms with Gasteiger partial charge in [0.2, 0.25) is 0 Å². The third kappa shape index (κ3) is 4.98. The summed E-state index contributed by atoms with van der Waals surface area (Å²) in [7, 11) is -5.77. The molecule has 0 aliphatic rings. The van der Waals surface area contributed by atoms with Gasteiger partial charge in [-0.1, -0.05) is 25.1 Å². The van der Waals surface area contributed by atoms with Crippen LogP contribution < -0.4 is 4.18 Å². The van der Waals surface area contributed by atoms with Crippen molar-refractivity contribution in [3.63, 3.8) is 0 Å². The first kappa shape index (κ1) is 20.0. The summed E-state index contributed by atoms with van der Waals surface area (Å²) in [6.45, 7) is 5.16. The van der Waals surface area contributed by atoms with E-state index in [-0.39, 0.29) is 18.4 Å². The van der Waals surface area contributed by atoms with Gasteiger partial charge in [0.05, 0.1) is 5.92 Å². The second kappa shape index (κ2) is 7.69. The molecule has 0 fully saturated rings. The highest BCUT2D eigenvalue weighted by molar-refractivity contribution is 7.88. The summed E-state index contributed by atoms with van der Waals surface area (Å²) in [5.74, 6) is -2.09. The van der Waals surface area contributed by atoms with E-state index in [2.05, 4.69) is 10.8 Å². The molecule has 1 aromatic carbocycles. The number of carbonyl (C=O) groups is 1. The molecule has 5 nitrogen and oxygen atoms in total. The Morgan fingerprint density at radius 3 is 2.50 bits per heavy atom. The molecule has 1 aromatic rings. The van der Waals surface area contributed by atoms with Crippen LogP contribution in [-0.2, 0) is 27.8 Å². The number of alkyl halides is 3. The Bertz CT molecular complexity index is 710. The van der Waals surface area contributed by atoms with E-state index in [1.54, 1.807) is 6.92 Å². The van der Waals surface area contributed by atoms with Gasteiger partial charge in [-0.3, -0.25) is 4.79 Å².